The molecule has 140 valence electrons. The maximum absolute atomic E-state index is 9.09. The van der Waals surface area contributed by atoms with Crippen LogP contribution in [0, 0.1) is 11.3 Å². The first-order chi connectivity index (χ1) is 13.7. The third-order valence-electron chi connectivity index (χ3n) is 5.69. The minimum absolute atomic E-state index is 0.307. The van der Waals surface area contributed by atoms with Crippen LogP contribution < -0.4 is 5.32 Å². The fourth-order valence-electron chi connectivity index (χ4n) is 4.16. The highest BCUT2D eigenvalue weighted by atomic mass is 16.5. The van der Waals surface area contributed by atoms with Gasteiger partial charge in [0.05, 0.1) is 28.8 Å². The minimum atomic E-state index is 0.307. The summed E-state index contributed by atoms with van der Waals surface area (Å²) in [6.45, 7) is 0.917. The maximum atomic E-state index is 9.09. The second-order valence-electron chi connectivity index (χ2n) is 7.38. The number of fused-ring (bicyclic) bond motifs is 2. The number of nitrogens with zero attached hydrogens (tertiary/aromatic N) is 3. The lowest BCUT2D eigenvalue weighted by atomic mass is 10.0. The summed E-state index contributed by atoms with van der Waals surface area (Å²) in [6, 6.07) is 14.6. The molecule has 6 heteroatoms. The van der Waals surface area contributed by atoms with Gasteiger partial charge in [0.25, 0.3) is 0 Å². The van der Waals surface area contributed by atoms with E-state index in [0.29, 0.717) is 17.7 Å². The standard InChI is InChI=1S/C22H21N5O/c1-28-18-8-16(24-12-18)7-15-11-25-20-4-3-17(9-19(15)20)27-13-26-21-6-14(10-23)2-5-22(21)27/h2-6,9,11,13,16,18,24-25H,7-8,12H2,1H3. The summed E-state index contributed by atoms with van der Waals surface area (Å²) in [5.74, 6) is 0. The molecule has 0 saturated carbocycles. The molecule has 5 rings (SSSR count). The fourth-order valence-corrected chi connectivity index (χ4v) is 4.16. The monoisotopic (exact) mass is 371 g/mol. The molecule has 1 aliphatic heterocycles. The number of hydrogen-bond donors (Lipinski definition) is 2. The summed E-state index contributed by atoms with van der Waals surface area (Å²) in [6.07, 6.45) is 6.25. The Balaban J connectivity index is 1.51. The second-order valence-corrected chi connectivity index (χ2v) is 7.38. The molecular weight excluding hydrogens is 350 g/mol. The number of hydrogen-bond acceptors (Lipinski definition) is 4. The van der Waals surface area contributed by atoms with Crippen molar-refractivity contribution in [2.45, 2.75) is 25.0 Å². The van der Waals surface area contributed by atoms with Crippen molar-refractivity contribution < 1.29 is 4.74 Å². The van der Waals surface area contributed by atoms with Crippen molar-refractivity contribution in [1.29, 1.82) is 5.26 Å². The van der Waals surface area contributed by atoms with Crippen LogP contribution in [0.1, 0.15) is 17.5 Å². The van der Waals surface area contributed by atoms with Gasteiger partial charge in [0.15, 0.2) is 0 Å². The number of methoxy groups -OCH3 is 1. The van der Waals surface area contributed by atoms with Crippen molar-refractivity contribution in [3.8, 4) is 11.8 Å². The maximum Gasteiger partial charge on any atom is 0.100 e. The van der Waals surface area contributed by atoms with Crippen molar-refractivity contribution in [3.63, 3.8) is 0 Å². The molecule has 1 aliphatic rings. The molecule has 1 saturated heterocycles. The number of aromatic nitrogens is 3. The van der Waals surface area contributed by atoms with Gasteiger partial charge in [-0.1, -0.05) is 0 Å². The number of nitrogens with one attached hydrogen (secondary N) is 2. The van der Waals surface area contributed by atoms with Crippen LogP contribution in [0.4, 0.5) is 0 Å². The average molecular weight is 371 g/mol. The van der Waals surface area contributed by atoms with E-state index in [4.69, 9.17) is 10.00 Å². The largest absolute Gasteiger partial charge is 0.380 e. The molecule has 6 nitrogen and oxygen atoms in total. The quantitative estimate of drug-likeness (QED) is 0.577. The highest BCUT2D eigenvalue weighted by Gasteiger charge is 2.24. The van der Waals surface area contributed by atoms with E-state index in [1.54, 1.807) is 7.11 Å². The van der Waals surface area contributed by atoms with E-state index in [0.717, 1.165) is 41.6 Å². The molecule has 0 aliphatic carbocycles. The van der Waals surface area contributed by atoms with Crippen LogP contribution in [0.15, 0.2) is 48.9 Å². The van der Waals surface area contributed by atoms with Gasteiger partial charge in [0.2, 0.25) is 0 Å². The van der Waals surface area contributed by atoms with Crippen molar-refractivity contribution in [3.05, 3.63) is 60.0 Å². The van der Waals surface area contributed by atoms with Gasteiger partial charge in [-0.15, -0.1) is 0 Å². The van der Waals surface area contributed by atoms with E-state index < -0.39 is 0 Å². The number of benzene rings is 2. The van der Waals surface area contributed by atoms with Gasteiger partial charge in [0.1, 0.15) is 6.33 Å². The second kappa shape index (κ2) is 6.79. The summed E-state index contributed by atoms with van der Waals surface area (Å²) >= 11 is 0. The molecular formula is C22H21N5O. The number of rotatable bonds is 4. The third-order valence-corrected chi connectivity index (χ3v) is 5.69. The molecule has 3 heterocycles. The number of imidazole rings is 1. The van der Waals surface area contributed by atoms with E-state index in [1.807, 2.05) is 24.5 Å². The Morgan fingerprint density at radius 1 is 1.29 bits per heavy atom. The first-order valence-electron chi connectivity index (χ1n) is 9.49. The molecule has 1 fully saturated rings. The number of nitriles is 1. The summed E-state index contributed by atoms with van der Waals surface area (Å²) in [7, 11) is 1.78. The predicted molar refractivity (Wildman–Crippen MR) is 109 cm³/mol. The summed E-state index contributed by atoms with van der Waals surface area (Å²) in [4.78, 5) is 7.87. The van der Waals surface area contributed by atoms with Gasteiger partial charge >= 0.3 is 0 Å². The molecule has 2 N–H and O–H groups in total. The zero-order chi connectivity index (χ0) is 19.1. The molecule has 2 aromatic heterocycles. The van der Waals surface area contributed by atoms with Crippen LogP contribution in [-0.4, -0.2) is 40.3 Å². The average Bonchev–Trinajstić information content (AvgIpc) is 3.46. The normalized spacial score (nSPS) is 19.4. The van der Waals surface area contributed by atoms with E-state index in [2.05, 4.69) is 50.3 Å². The van der Waals surface area contributed by atoms with E-state index in [9.17, 15) is 0 Å². The first kappa shape index (κ1) is 17.0. The van der Waals surface area contributed by atoms with Gasteiger partial charge in [-0.25, -0.2) is 4.98 Å². The van der Waals surface area contributed by atoms with Crippen molar-refractivity contribution >= 4 is 21.9 Å². The van der Waals surface area contributed by atoms with E-state index in [1.165, 1.54) is 10.9 Å². The fraction of sp³-hybridized carbons (Fsp3) is 0.273. The minimum Gasteiger partial charge on any atom is -0.380 e. The number of aromatic amines is 1. The van der Waals surface area contributed by atoms with Crippen molar-refractivity contribution in [1.82, 2.24) is 19.9 Å². The summed E-state index contributed by atoms with van der Waals surface area (Å²) < 4.78 is 7.54. The van der Waals surface area contributed by atoms with Gasteiger partial charge in [-0.2, -0.15) is 5.26 Å². The molecule has 28 heavy (non-hydrogen) atoms. The number of H-pyrrole nitrogens is 1. The summed E-state index contributed by atoms with van der Waals surface area (Å²) in [5, 5.41) is 13.9. The predicted octanol–water partition coefficient (Wildman–Crippen LogP) is 3.30. The first-order valence-corrected chi connectivity index (χ1v) is 9.49. The van der Waals surface area contributed by atoms with Gasteiger partial charge in [-0.3, -0.25) is 4.57 Å². The van der Waals surface area contributed by atoms with E-state index >= 15 is 0 Å². The Bertz CT molecular complexity index is 1200. The lowest BCUT2D eigenvalue weighted by Crippen LogP contribution is -2.23. The molecule has 2 atom stereocenters. The van der Waals surface area contributed by atoms with Crippen molar-refractivity contribution in [2.75, 3.05) is 13.7 Å². The van der Waals surface area contributed by atoms with Gasteiger partial charge < -0.3 is 15.0 Å². The molecule has 4 aromatic rings. The molecule has 0 spiro atoms. The van der Waals surface area contributed by atoms with Crippen LogP contribution in [0.3, 0.4) is 0 Å². The van der Waals surface area contributed by atoms with Crippen LogP contribution in [0.25, 0.3) is 27.6 Å². The highest BCUT2D eigenvalue weighted by molar-refractivity contribution is 5.86. The van der Waals surface area contributed by atoms with Crippen LogP contribution in [0.5, 0.6) is 0 Å². The molecule has 2 unspecified atom stereocenters. The Hall–Kier alpha value is -3.14. The van der Waals surface area contributed by atoms with Gasteiger partial charge in [0, 0.05) is 42.5 Å². The lowest BCUT2D eigenvalue weighted by molar-refractivity contribution is 0.117. The third kappa shape index (κ3) is 2.85. The molecule has 0 radical (unpaired) electrons. The van der Waals surface area contributed by atoms with Crippen LogP contribution >= 0.6 is 0 Å². The van der Waals surface area contributed by atoms with Crippen molar-refractivity contribution in [2.24, 2.45) is 0 Å². The van der Waals surface area contributed by atoms with Crippen LogP contribution in [0.2, 0.25) is 0 Å². The number of ether oxygens (including phenoxy) is 1. The van der Waals surface area contributed by atoms with Gasteiger partial charge in [-0.05, 0) is 54.8 Å². The Morgan fingerprint density at radius 2 is 2.21 bits per heavy atom. The lowest BCUT2D eigenvalue weighted by Gasteiger charge is -2.10. The molecule has 0 bridgehead atoms. The zero-order valence-corrected chi connectivity index (χ0v) is 15.6. The summed E-state index contributed by atoms with van der Waals surface area (Å²) in [5.41, 5.74) is 5.96. The van der Waals surface area contributed by atoms with E-state index in [-0.39, 0.29) is 0 Å². The topological polar surface area (TPSA) is 78.7 Å². The Kier molecular flexibility index (Phi) is 4.12. The Labute approximate surface area is 162 Å². The highest BCUT2D eigenvalue weighted by Crippen LogP contribution is 2.26. The Morgan fingerprint density at radius 3 is 3.04 bits per heavy atom. The smallest absolute Gasteiger partial charge is 0.100 e. The zero-order valence-electron chi connectivity index (χ0n) is 15.6. The SMILES string of the molecule is COC1CNC(Cc2c[nH]c3ccc(-n4cnc5cc(C#N)ccc54)cc23)C1. The van der Waals surface area contributed by atoms with Crippen LogP contribution in [-0.2, 0) is 11.2 Å². The molecule has 2 aromatic carbocycles. The molecule has 0 amide bonds.